The number of carbonyl (C=O) groups is 2. The third-order valence-corrected chi connectivity index (χ3v) is 7.05. The second-order valence-corrected chi connectivity index (χ2v) is 10.0. The first kappa shape index (κ1) is 28.8. The van der Waals surface area contributed by atoms with Crippen molar-refractivity contribution in [3.05, 3.63) is 87.3 Å². The minimum Gasteiger partial charge on any atom is -0.477 e. The molecule has 14 heteroatoms. The van der Waals surface area contributed by atoms with Gasteiger partial charge in [0.15, 0.2) is 0 Å². The van der Waals surface area contributed by atoms with E-state index in [4.69, 9.17) is 32.9 Å². The van der Waals surface area contributed by atoms with Crippen molar-refractivity contribution in [2.75, 3.05) is 26.2 Å². The first-order valence-electron chi connectivity index (χ1n) is 12.6. The van der Waals surface area contributed by atoms with Crippen LogP contribution in [0.25, 0.3) is 0 Å². The molecule has 3 aromatic rings. The highest BCUT2D eigenvalue weighted by Gasteiger charge is 2.46. The van der Waals surface area contributed by atoms with Gasteiger partial charge in [0.2, 0.25) is 17.6 Å². The van der Waals surface area contributed by atoms with E-state index >= 15 is 0 Å². The number of halogens is 5. The number of aromatic nitrogens is 2. The third kappa shape index (κ3) is 5.85. The molecule has 0 radical (unpaired) electrons. The lowest BCUT2D eigenvalue weighted by atomic mass is 9.94. The maximum absolute atomic E-state index is 14.2. The summed E-state index contributed by atoms with van der Waals surface area (Å²) in [6.07, 6.45) is -3.90. The summed E-state index contributed by atoms with van der Waals surface area (Å²) in [5.41, 5.74) is 1.25. The summed E-state index contributed by atoms with van der Waals surface area (Å²) in [6, 6.07) is 11.3. The molecule has 2 unspecified atom stereocenters. The molecule has 41 heavy (non-hydrogen) atoms. The van der Waals surface area contributed by atoms with Crippen LogP contribution in [-0.4, -0.2) is 63.8 Å². The second-order valence-electron chi connectivity index (χ2n) is 9.16. The van der Waals surface area contributed by atoms with Crippen molar-refractivity contribution in [2.45, 2.75) is 25.2 Å². The number of benzene rings is 2. The minimum atomic E-state index is -4.83. The number of ether oxygens (including phenoxy) is 1. The Kier molecular flexibility index (Phi) is 8.16. The average Bonchev–Trinajstić information content (AvgIpc) is 3.34. The van der Waals surface area contributed by atoms with Gasteiger partial charge >= 0.3 is 12.2 Å². The molecule has 2 aliphatic heterocycles. The lowest BCUT2D eigenvalue weighted by molar-refractivity contribution is -0.145. The Bertz CT molecular complexity index is 1490. The molecule has 2 atom stereocenters. The lowest BCUT2D eigenvalue weighted by Crippen LogP contribution is -2.56. The van der Waals surface area contributed by atoms with Crippen LogP contribution in [0.4, 0.5) is 18.0 Å². The standard InChI is InChI=1S/C27H23Cl2F3N6O3/c1-2-41-24-19(13-34-25(36-24)27(30,31)32)23-35-21(15-3-7-17(28)8-4-15)22(16-5-9-18(29)10-6-16)38(23)26(40)37-12-11-33-14-20(37)39/h3-10,13,21-22,33H,2,11-12,14H2,1H3. The zero-order chi connectivity index (χ0) is 29.3. The van der Waals surface area contributed by atoms with Crippen LogP contribution in [0.1, 0.15) is 41.5 Å². The number of aliphatic imine (C=N–C) groups is 1. The Labute approximate surface area is 242 Å². The highest BCUT2D eigenvalue weighted by molar-refractivity contribution is 6.30. The van der Waals surface area contributed by atoms with E-state index in [-0.39, 0.29) is 31.1 Å². The van der Waals surface area contributed by atoms with E-state index < -0.39 is 41.9 Å². The number of rotatable bonds is 5. The van der Waals surface area contributed by atoms with Crippen molar-refractivity contribution in [2.24, 2.45) is 4.99 Å². The maximum atomic E-state index is 14.2. The van der Waals surface area contributed by atoms with Crippen LogP contribution in [-0.2, 0) is 11.0 Å². The molecule has 9 nitrogen and oxygen atoms in total. The van der Waals surface area contributed by atoms with E-state index in [0.29, 0.717) is 27.7 Å². The number of piperazine rings is 1. The summed E-state index contributed by atoms with van der Waals surface area (Å²) >= 11 is 12.3. The first-order valence-corrected chi connectivity index (χ1v) is 13.3. The van der Waals surface area contributed by atoms with Gasteiger partial charge in [-0.15, -0.1) is 0 Å². The summed E-state index contributed by atoms with van der Waals surface area (Å²) in [4.78, 5) is 41.4. The summed E-state index contributed by atoms with van der Waals surface area (Å²) < 4.78 is 46.0. The number of nitrogens with zero attached hydrogens (tertiary/aromatic N) is 5. The fraction of sp³-hybridized carbons (Fsp3) is 0.296. The predicted octanol–water partition coefficient (Wildman–Crippen LogP) is 5.30. The van der Waals surface area contributed by atoms with Crippen molar-refractivity contribution in [3.63, 3.8) is 0 Å². The van der Waals surface area contributed by atoms with Gasteiger partial charge < -0.3 is 10.1 Å². The number of carbonyl (C=O) groups excluding carboxylic acids is 2. The lowest BCUT2D eigenvalue weighted by Gasteiger charge is -2.35. The predicted molar refractivity (Wildman–Crippen MR) is 145 cm³/mol. The molecule has 3 heterocycles. The molecule has 1 saturated heterocycles. The van der Waals surface area contributed by atoms with Gasteiger partial charge in [0, 0.05) is 29.3 Å². The van der Waals surface area contributed by atoms with E-state index in [9.17, 15) is 22.8 Å². The summed E-state index contributed by atoms with van der Waals surface area (Å²) in [5.74, 6) is -2.30. The highest BCUT2D eigenvalue weighted by Crippen LogP contribution is 2.45. The van der Waals surface area contributed by atoms with Crippen LogP contribution < -0.4 is 10.1 Å². The van der Waals surface area contributed by atoms with Crippen molar-refractivity contribution < 1.29 is 27.5 Å². The number of nitrogens with one attached hydrogen (secondary N) is 1. The fourth-order valence-electron chi connectivity index (χ4n) is 4.70. The van der Waals surface area contributed by atoms with Gasteiger partial charge in [-0.2, -0.15) is 18.2 Å². The molecule has 5 rings (SSSR count). The summed E-state index contributed by atoms with van der Waals surface area (Å²) in [5, 5.41) is 3.86. The molecular weight excluding hydrogens is 584 g/mol. The van der Waals surface area contributed by atoms with Gasteiger partial charge in [-0.25, -0.2) is 9.78 Å². The SMILES string of the molecule is CCOc1nc(C(F)(F)F)ncc1C1=NC(c2ccc(Cl)cc2)C(c2ccc(Cl)cc2)N1C(=O)N1CCNCC1=O. The Morgan fingerprint density at radius 2 is 1.71 bits per heavy atom. The number of amidine groups is 1. The average molecular weight is 607 g/mol. The zero-order valence-corrected chi connectivity index (χ0v) is 23.0. The van der Waals surface area contributed by atoms with E-state index in [0.717, 1.165) is 11.1 Å². The number of urea groups is 1. The van der Waals surface area contributed by atoms with E-state index in [2.05, 4.69) is 15.3 Å². The molecule has 1 fully saturated rings. The maximum Gasteiger partial charge on any atom is 0.451 e. The molecular formula is C27H23Cl2F3N6O3. The summed E-state index contributed by atoms with van der Waals surface area (Å²) in [6.45, 7) is 1.98. The first-order chi connectivity index (χ1) is 19.6. The van der Waals surface area contributed by atoms with Crippen LogP contribution in [0.5, 0.6) is 5.88 Å². The third-order valence-electron chi connectivity index (χ3n) is 6.55. The topological polar surface area (TPSA) is 100 Å². The monoisotopic (exact) mass is 606 g/mol. The zero-order valence-electron chi connectivity index (χ0n) is 21.5. The Morgan fingerprint density at radius 3 is 2.29 bits per heavy atom. The van der Waals surface area contributed by atoms with Crippen LogP contribution >= 0.6 is 23.2 Å². The highest BCUT2D eigenvalue weighted by atomic mass is 35.5. The van der Waals surface area contributed by atoms with Gasteiger partial charge in [-0.3, -0.25) is 19.6 Å². The van der Waals surface area contributed by atoms with Crippen LogP contribution in [0, 0.1) is 0 Å². The van der Waals surface area contributed by atoms with Crippen molar-refractivity contribution in [1.29, 1.82) is 0 Å². The van der Waals surface area contributed by atoms with Crippen molar-refractivity contribution in [3.8, 4) is 5.88 Å². The van der Waals surface area contributed by atoms with Crippen LogP contribution in [0.15, 0.2) is 59.7 Å². The fourth-order valence-corrected chi connectivity index (χ4v) is 4.95. The summed E-state index contributed by atoms with van der Waals surface area (Å²) in [7, 11) is 0. The van der Waals surface area contributed by atoms with Gasteiger partial charge in [-0.1, -0.05) is 47.5 Å². The molecule has 214 valence electrons. The number of hydrogen-bond donors (Lipinski definition) is 1. The molecule has 0 aliphatic carbocycles. The number of imide groups is 1. The van der Waals surface area contributed by atoms with E-state index in [1.807, 2.05) is 0 Å². The molecule has 2 aliphatic rings. The molecule has 1 aromatic heterocycles. The number of alkyl halides is 3. The number of hydrogen-bond acceptors (Lipinski definition) is 7. The van der Waals surface area contributed by atoms with E-state index in [1.165, 1.54) is 4.90 Å². The molecule has 0 saturated carbocycles. The Hall–Kier alpha value is -3.74. The van der Waals surface area contributed by atoms with Gasteiger partial charge in [0.1, 0.15) is 11.9 Å². The molecule has 3 amide bonds. The van der Waals surface area contributed by atoms with Crippen molar-refractivity contribution in [1.82, 2.24) is 25.1 Å². The Balaban J connectivity index is 1.73. The van der Waals surface area contributed by atoms with Crippen molar-refractivity contribution >= 4 is 41.0 Å². The largest absolute Gasteiger partial charge is 0.477 e. The van der Waals surface area contributed by atoms with Gasteiger partial charge in [0.25, 0.3) is 0 Å². The van der Waals surface area contributed by atoms with Crippen LogP contribution in [0.2, 0.25) is 10.0 Å². The van der Waals surface area contributed by atoms with Gasteiger partial charge in [-0.05, 0) is 42.3 Å². The minimum absolute atomic E-state index is 0.0138. The smallest absolute Gasteiger partial charge is 0.451 e. The molecule has 0 bridgehead atoms. The Morgan fingerprint density at radius 1 is 1.07 bits per heavy atom. The quantitative estimate of drug-likeness (QED) is 0.423. The number of amides is 3. The molecule has 1 N–H and O–H groups in total. The molecule has 0 spiro atoms. The second kappa shape index (κ2) is 11.6. The van der Waals surface area contributed by atoms with E-state index in [1.54, 1.807) is 55.5 Å². The normalized spacial score (nSPS) is 19.4. The van der Waals surface area contributed by atoms with Gasteiger partial charge in [0.05, 0.1) is 24.8 Å². The van der Waals surface area contributed by atoms with Crippen LogP contribution in [0.3, 0.4) is 0 Å². The molecule has 2 aromatic carbocycles.